The van der Waals surface area contributed by atoms with E-state index in [9.17, 15) is 9.18 Å². The predicted molar refractivity (Wildman–Crippen MR) is 90.9 cm³/mol. The average molecular weight is 364 g/mol. The van der Waals surface area contributed by atoms with Crippen LogP contribution in [0.15, 0.2) is 18.3 Å². The minimum atomic E-state index is -1.09. The highest BCUT2D eigenvalue weighted by atomic mass is 35.5. The van der Waals surface area contributed by atoms with Gasteiger partial charge < -0.3 is 15.1 Å². The van der Waals surface area contributed by atoms with Gasteiger partial charge in [0.05, 0.1) is 24.2 Å². The first-order valence-electron chi connectivity index (χ1n) is 8.50. The summed E-state index contributed by atoms with van der Waals surface area (Å²) in [7, 11) is 0. The zero-order valence-corrected chi connectivity index (χ0v) is 14.4. The number of amides is 1. The first-order valence-corrected chi connectivity index (χ1v) is 8.88. The number of aromatic nitrogens is 1. The second kappa shape index (κ2) is 6.43. The highest BCUT2D eigenvalue weighted by Crippen LogP contribution is 2.47. The number of hydrogen-bond donors (Lipinski definition) is 1. The van der Waals surface area contributed by atoms with Gasteiger partial charge in [0, 0.05) is 31.7 Å². The molecule has 3 heterocycles. The Morgan fingerprint density at radius 1 is 1.44 bits per heavy atom. The van der Waals surface area contributed by atoms with Crippen molar-refractivity contribution < 1.29 is 9.18 Å². The van der Waals surface area contributed by atoms with Gasteiger partial charge in [-0.25, -0.2) is 9.37 Å². The van der Waals surface area contributed by atoms with Crippen molar-refractivity contribution in [1.82, 2.24) is 15.2 Å². The maximum Gasteiger partial charge on any atom is 0.237 e. The van der Waals surface area contributed by atoms with E-state index in [1.54, 1.807) is 6.20 Å². The van der Waals surface area contributed by atoms with Crippen LogP contribution in [0.25, 0.3) is 0 Å². The molecule has 1 amide bonds. The van der Waals surface area contributed by atoms with E-state index in [4.69, 9.17) is 16.9 Å². The summed E-state index contributed by atoms with van der Waals surface area (Å²) in [6.07, 6.45) is 0.765. The number of nitrogens with zero attached hydrogens (tertiary/aromatic N) is 4. The van der Waals surface area contributed by atoms with E-state index < -0.39 is 12.2 Å². The largest absolute Gasteiger partial charge is 0.355 e. The summed E-state index contributed by atoms with van der Waals surface area (Å²) >= 11 is 6.19. The molecular weight excluding hydrogens is 345 g/mol. The molecule has 4 atom stereocenters. The Bertz CT molecular complexity index is 713. The van der Waals surface area contributed by atoms with E-state index in [1.807, 2.05) is 18.2 Å². The minimum absolute atomic E-state index is 0.0300. The maximum absolute atomic E-state index is 13.4. The number of alkyl halides is 1. The van der Waals surface area contributed by atoms with Crippen molar-refractivity contribution in [2.24, 2.45) is 11.8 Å². The normalized spacial score (nSPS) is 33.2. The molecule has 4 unspecified atom stereocenters. The van der Waals surface area contributed by atoms with E-state index in [0.717, 1.165) is 18.9 Å². The van der Waals surface area contributed by atoms with E-state index in [2.05, 4.69) is 15.2 Å². The first-order chi connectivity index (χ1) is 12.1. The average Bonchev–Trinajstić information content (AvgIpc) is 2.95. The number of nitriles is 1. The fourth-order valence-electron chi connectivity index (χ4n) is 4.10. The van der Waals surface area contributed by atoms with Gasteiger partial charge in [-0.15, -0.1) is 0 Å². The van der Waals surface area contributed by atoms with Gasteiger partial charge in [0.25, 0.3) is 0 Å². The Morgan fingerprint density at radius 3 is 2.88 bits per heavy atom. The van der Waals surface area contributed by atoms with Crippen molar-refractivity contribution in [3.8, 4) is 6.07 Å². The zero-order chi connectivity index (χ0) is 17.6. The molecule has 6 nitrogen and oxygen atoms in total. The molecule has 0 bridgehead atoms. The molecule has 25 heavy (non-hydrogen) atoms. The summed E-state index contributed by atoms with van der Waals surface area (Å²) < 4.78 is 13.4. The lowest BCUT2D eigenvalue weighted by Gasteiger charge is -2.23. The van der Waals surface area contributed by atoms with Crippen molar-refractivity contribution in [3.63, 3.8) is 0 Å². The molecule has 132 valence electrons. The van der Waals surface area contributed by atoms with Gasteiger partial charge in [-0.2, -0.15) is 5.26 Å². The van der Waals surface area contributed by atoms with Crippen LogP contribution in [-0.2, 0) is 4.79 Å². The Labute approximate surface area is 150 Å². The van der Waals surface area contributed by atoms with Crippen LogP contribution in [0.2, 0.25) is 5.02 Å². The molecule has 1 aliphatic carbocycles. The Hall–Kier alpha value is -1.91. The Morgan fingerprint density at radius 2 is 2.20 bits per heavy atom. The lowest BCUT2D eigenvalue weighted by Crippen LogP contribution is -2.43. The first kappa shape index (κ1) is 16.6. The van der Waals surface area contributed by atoms with E-state index in [0.29, 0.717) is 22.9 Å². The van der Waals surface area contributed by atoms with Crippen LogP contribution >= 0.6 is 11.6 Å². The number of fused-ring (bicyclic) bond motifs is 1. The molecule has 0 aromatic carbocycles. The number of likely N-dealkylation sites (tertiary alicyclic amines) is 1. The van der Waals surface area contributed by atoms with Gasteiger partial charge >= 0.3 is 0 Å². The third kappa shape index (κ3) is 3.05. The number of carbonyl (C=O) groups is 1. The molecule has 1 saturated carbocycles. The highest BCUT2D eigenvalue weighted by molar-refractivity contribution is 6.32. The second-order valence-corrected chi connectivity index (χ2v) is 7.38. The smallest absolute Gasteiger partial charge is 0.237 e. The van der Waals surface area contributed by atoms with Crippen molar-refractivity contribution in [1.29, 1.82) is 5.26 Å². The number of halogens is 2. The SMILES string of the molecule is N#CC1CC(F)CN1C(=O)CNC1C2CN(c3ncccc3Cl)CC21. The van der Waals surface area contributed by atoms with Crippen molar-refractivity contribution in [2.45, 2.75) is 24.7 Å². The summed E-state index contributed by atoms with van der Waals surface area (Å²) in [5.74, 6) is 1.57. The van der Waals surface area contributed by atoms with Gasteiger partial charge in [-0.1, -0.05) is 11.6 Å². The molecular formula is C17H19ClFN5O. The number of pyridine rings is 1. The van der Waals surface area contributed by atoms with Gasteiger partial charge in [0.2, 0.25) is 5.91 Å². The Balaban J connectivity index is 1.27. The fourth-order valence-corrected chi connectivity index (χ4v) is 4.34. The van der Waals surface area contributed by atoms with Gasteiger partial charge in [0.15, 0.2) is 0 Å². The third-order valence-electron chi connectivity index (χ3n) is 5.44. The lowest BCUT2D eigenvalue weighted by molar-refractivity contribution is -0.130. The molecule has 0 spiro atoms. The molecule has 3 aliphatic rings. The van der Waals surface area contributed by atoms with Crippen LogP contribution in [0, 0.1) is 23.2 Å². The summed E-state index contributed by atoms with van der Waals surface area (Å²) in [6.45, 7) is 1.92. The number of rotatable bonds is 4. The monoisotopic (exact) mass is 363 g/mol. The lowest BCUT2D eigenvalue weighted by atomic mass is 10.2. The number of piperidine rings is 1. The topological polar surface area (TPSA) is 72.3 Å². The van der Waals surface area contributed by atoms with Crippen molar-refractivity contribution >= 4 is 23.3 Å². The van der Waals surface area contributed by atoms with Crippen LogP contribution in [0.4, 0.5) is 10.2 Å². The van der Waals surface area contributed by atoms with Crippen LogP contribution in [-0.4, -0.2) is 60.2 Å². The standard InChI is InChI=1S/C17H19ClFN5O/c18-14-2-1-3-21-17(14)23-8-12-13(9-23)16(12)22-6-15(25)24-7-10(19)4-11(24)5-20/h1-3,10-13,16,22H,4,6-9H2. The number of nitrogens with one attached hydrogen (secondary N) is 1. The van der Waals surface area contributed by atoms with Crippen LogP contribution < -0.4 is 10.2 Å². The molecule has 1 aromatic rings. The zero-order valence-electron chi connectivity index (χ0n) is 13.6. The molecule has 0 radical (unpaired) electrons. The number of hydrogen-bond acceptors (Lipinski definition) is 5. The van der Waals surface area contributed by atoms with Gasteiger partial charge in [-0.05, 0) is 24.0 Å². The summed E-state index contributed by atoms with van der Waals surface area (Å²) in [5, 5.41) is 13.0. The quantitative estimate of drug-likeness (QED) is 0.871. The van der Waals surface area contributed by atoms with E-state index in [1.165, 1.54) is 4.90 Å². The molecule has 1 aromatic heterocycles. The molecule has 4 rings (SSSR count). The van der Waals surface area contributed by atoms with Crippen LogP contribution in [0.1, 0.15) is 6.42 Å². The predicted octanol–water partition coefficient (Wildman–Crippen LogP) is 1.22. The third-order valence-corrected chi connectivity index (χ3v) is 5.74. The Kier molecular flexibility index (Phi) is 4.26. The summed E-state index contributed by atoms with van der Waals surface area (Å²) in [4.78, 5) is 20.1. The number of anilines is 1. The van der Waals surface area contributed by atoms with Crippen LogP contribution in [0.3, 0.4) is 0 Å². The molecule has 1 N–H and O–H groups in total. The number of carbonyl (C=O) groups excluding carboxylic acids is 1. The van der Waals surface area contributed by atoms with Crippen LogP contribution in [0.5, 0.6) is 0 Å². The maximum atomic E-state index is 13.4. The highest BCUT2D eigenvalue weighted by Gasteiger charge is 2.56. The second-order valence-electron chi connectivity index (χ2n) is 6.97. The molecule has 3 fully saturated rings. The molecule has 2 saturated heterocycles. The van der Waals surface area contributed by atoms with Gasteiger partial charge in [0.1, 0.15) is 18.0 Å². The fraction of sp³-hybridized carbons (Fsp3) is 0.588. The van der Waals surface area contributed by atoms with Crippen molar-refractivity contribution in [3.05, 3.63) is 23.4 Å². The molecule has 8 heteroatoms. The van der Waals surface area contributed by atoms with Gasteiger partial charge in [-0.3, -0.25) is 4.79 Å². The minimum Gasteiger partial charge on any atom is -0.355 e. The summed E-state index contributed by atoms with van der Waals surface area (Å²) in [5.41, 5.74) is 0. The molecule has 2 aliphatic heterocycles. The van der Waals surface area contributed by atoms with Crippen molar-refractivity contribution in [2.75, 3.05) is 31.1 Å². The van der Waals surface area contributed by atoms with E-state index >= 15 is 0 Å². The summed E-state index contributed by atoms with van der Waals surface area (Å²) in [6, 6.07) is 5.32. The van der Waals surface area contributed by atoms with E-state index in [-0.39, 0.29) is 25.4 Å².